The zero-order chi connectivity index (χ0) is 11.4. The van der Waals surface area contributed by atoms with Crippen LogP contribution in [0.2, 0.25) is 0 Å². The maximum absolute atomic E-state index is 12.7. The van der Waals surface area contributed by atoms with Gasteiger partial charge in [0.15, 0.2) is 0 Å². The summed E-state index contributed by atoms with van der Waals surface area (Å²) >= 11 is 0. The smallest absolute Gasteiger partial charge is 0.328 e. The number of rotatable bonds is 3. The van der Waals surface area contributed by atoms with Crippen molar-refractivity contribution in [2.45, 2.75) is 13.8 Å². The molecule has 0 radical (unpaired) electrons. The summed E-state index contributed by atoms with van der Waals surface area (Å²) in [7, 11) is 0. The van der Waals surface area contributed by atoms with Crippen LogP contribution < -0.4 is 0 Å². The second-order valence-electron chi connectivity index (χ2n) is 3.60. The normalized spacial score (nSPS) is 11.9. The maximum atomic E-state index is 12.7. The van der Waals surface area contributed by atoms with E-state index in [-0.39, 0.29) is 11.7 Å². The Morgan fingerprint density at radius 3 is 2.27 bits per heavy atom. The Bertz CT molecular complexity index is 377. The molecule has 3 heteroatoms. The fourth-order valence-corrected chi connectivity index (χ4v) is 1.36. The van der Waals surface area contributed by atoms with E-state index in [1.54, 1.807) is 12.1 Å². The minimum Gasteiger partial charge on any atom is -0.478 e. The molecule has 1 N–H and O–H groups in total. The predicted octanol–water partition coefficient (Wildman–Crippen LogP) is 2.95. The molecule has 0 amide bonds. The number of carboxylic acids is 1. The fourth-order valence-electron chi connectivity index (χ4n) is 1.36. The van der Waals surface area contributed by atoms with Gasteiger partial charge in [-0.25, -0.2) is 9.18 Å². The molecule has 0 atom stereocenters. The molecule has 0 unspecified atom stereocenters. The van der Waals surface area contributed by atoms with Crippen LogP contribution in [0.15, 0.2) is 30.3 Å². The summed E-state index contributed by atoms with van der Waals surface area (Å²) in [5, 5.41) is 8.70. The van der Waals surface area contributed by atoms with Crippen molar-refractivity contribution in [2.24, 2.45) is 5.92 Å². The Kier molecular flexibility index (Phi) is 3.61. The number of halogens is 1. The van der Waals surface area contributed by atoms with Crippen molar-refractivity contribution in [1.29, 1.82) is 0 Å². The van der Waals surface area contributed by atoms with E-state index in [0.717, 1.165) is 11.6 Å². The van der Waals surface area contributed by atoms with Gasteiger partial charge in [-0.15, -0.1) is 0 Å². The highest BCUT2D eigenvalue weighted by atomic mass is 19.1. The lowest BCUT2D eigenvalue weighted by Gasteiger charge is -2.10. The third-order valence-electron chi connectivity index (χ3n) is 2.08. The summed E-state index contributed by atoms with van der Waals surface area (Å²) in [6.45, 7) is 3.80. The van der Waals surface area contributed by atoms with Gasteiger partial charge < -0.3 is 5.11 Å². The van der Waals surface area contributed by atoms with E-state index in [1.807, 2.05) is 13.8 Å². The summed E-state index contributed by atoms with van der Waals surface area (Å²) in [5.74, 6) is -1.22. The third kappa shape index (κ3) is 3.20. The van der Waals surface area contributed by atoms with E-state index in [1.165, 1.54) is 12.1 Å². The summed E-state index contributed by atoms with van der Waals surface area (Å²) in [6.07, 6.45) is 1.16. The van der Waals surface area contributed by atoms with Crippen molar-refractivity contribution in [1.82, 2.24) is 0 Å². The highest BCUT2D eigenvalue weighted by molar-refractivity contribution is 5.90. The summed E-state index contributed by atoms with van der Waals surface area (Å²) in [6, 6.07) is 5.83. The summed E-state index contributed by atoms with van der Waals surface area (Å²) in [4.78, 5) is 10.6. The van der Waals surface area contributed by atoms with Crippen LogP contribution in [0, 0.1) is 11.7 Å². The highest BCUT2D eigenvalue weighted by Gasteiger charge is 2.08. The molecule has 80 valence electrons. The Balaban J connectivity index is 3.10. The first-order valence-electron chi connectivity index (χ1n) is 4.71. The van der Waals surface area contributed by atoms with Crippen molar-refractivity contribution in [3.63, 3.8) is 0 Å². The quantitative estimate of drug-likeness (QED) is 0.775. The lowest BCUT2D eigenvalue weighted by molar-refractivity contribution is -0.131. The SMILES string of the molecule is CC(C)/C(=C\C(=O)O)c1ccc(F)cc1. The Morgan fingerprint density at radius 1 is 1.33 bits per heavy atom. The van der Waals surface area contributed by atoms with E-state index in [4.69, 9.17) is 5.11 Å². The zero-order valence-corrected chi connectivity index (χ0v) is 8.70. The molecule has 2 nitrogen and oxygen atoms in total. The van der Waals surface area contributed by atoms with Crippen LogP contribution in [0.3, 0.4) is 0 Å². The van der Waals surface area contributed by atoms with Crippen molar-refractivity contribution in [3.8, 4) is 0 Å². The number of carbonyl (C=O) groups is 1. The van der Waals surface area contributed by atoms with Crippen molar-refractivity contribution in [3.05, 3.63) is 41.7 Å². The van der Waals surface area contributed by atoms with Gasteiger partial charge in [0.2, 0.25) is 0 Å². The molecule has 15 heavy (non-hydrogen) atoms. The van der Waals surface area contributed by atoms with Gasteiger partial charge in [-0.2, -0.15) is 0 Å². The van der Waals surface area contributed by atoms with Crippen molar-refractivity contribution >= 4 is 11.5 Å². The molecule has 0 saturated heterocycles. The van der Waals surface area contributed by atoms with Crippen LogP contribution in [0.5, 0.6) is 0 Å². The summed E-state index contributed by atoms with van der Waals surface area (Å²) in [5.41, 5.74) is 1.44. The third-order valence-corrected chi connectivity index (χ3v) is 2.08. The molecule has 0 aliphatic carbocycles. The topological polar surface area (TPSA) is 37.3 Å². The molecule has 0 fully saturated rings. The zero-order valence-electron chi connectivity index (χ0n) is 8.70. The molecule has 1 rings (SSSR count). The van der Waals surface area contributed by atoms with Crippen LogP contribution >= 0.6 is 0 Å². The van der Waals surface area contributed by atoms with E-state index >= 15 is 0 Å². The molecule has 0 aliphatic heterocycles. The Morgan fingerprint density at radius 2 is 1.87 bits per heavy atom. The first kappa shape index (κ1) is 11.4. The maximum Gasteiger partial charge on any atom is 0.328 e. The molecule has 1 aromatic carbocycles. The van der Waals surface area contributed by atoms with Gasteiger partial charge in [0, 0.05) is 6.08 Å². The van der Waals surface area contributed by atoms with Crippen LogP contribution in [-0.2, 0) is 4.79 Å². The van der Waals surface area contributed by atoms with E-state index < -0.39 is 5.97 Å². The predicted molar refractivity (Wildman–Crippen MR) is 56.9 cm³/mol. The number of aliphatic carboxylic acids is 1. The van der Waals surface area contributed by atoms with Gasteiger partial charge in [0.25, 0.3) is 0 Å². The molecule has 0 aromatic heterocycles. The molecular formula is C12H13FO2. The number of carboxylic acid groups (broad SMARTS) is 1. The average molecular weight is 208 g/mol. The fraction of sp³-hybridized carbons (Fsp3) is 0.250. The van der Waals surface area contributed by atoms with Gasteiger partial charge in [-0.3, -0.25) is 0 Å². The van der Waals surface area contributed by atoms with Gasteiger partial charge >= 0.3 is 5.97 Å². The second-order valence-corrected chi connectivity index (χ2v) is 3.60. The number of benzene rings is 1. The number of hydrogen-bond donors (Lipinski definition) is 1. The molecule has 0 saturated carbocycles. The molecule has 0 aliphatic rings. The Labute approximate surface area is 88.1 Å². The molecule has 0 heterocycles. The number of hydrogen-bond acceptors (Lipinski definition) is 1. The van der Waals surface area contributed by atoms with Crippen LogP contribution in [0.25, 0.3) is 5.57 Å². The molecule has 0 bridgehead atoms. The van der Waals surface area contributed by atoms with Crippen LogP contribution in [0.1, 0.15) is 19.4 Å². The highest BCUT2D eigenvalue weighted by Crippen LogP contribution is 2.22. The second kappa shape index (κ2) is 4.73. The van der Waals surface area contributed by atoms with E-state index in [9.17, 15) is 9.18 Å². The molecule has 1 aromatic rings. The van der Waals surface area contributed by atoms with E-state index in [2.05, 4.69) is 0 Å². The van der Waals surface area contributed by atoms with Crippen molar-refractivity contribution < 1.29 is 14.3 Å². The minimum atomic E-state index is -0.983. The van der Waals surface area contributed by atoms with Crippen LogP contribution in [0.4, 0.5) is 4.39 Å². The minimum absolute atomic E-state index is 0.0894. The Hall–Kier alpha value is -1.64. The number of allylic oxidation sites excluding steroid dienone is 1. The average Bonchev–Trinajstić information content (AvgIpc) is 2.15. The van der Waals surface area contributed by atoms with Crippen molar-refractivity contribution in [2.75, 3.05) is 0 Å². The lowest BCUT2D eigenvalue weighted by atomic mass is 9.95. The monoisotopic (exact) mass is 208 g/mol. The first-order valence-corrected chi connectivity index (χ1v) is 4.71. The largest absolute Gasteiger partial charge is 0.478 e. The van der Waals surface area contributed by atoms with Gasteiger partial charge in [-0.05, 0) is 29.2 Å². The van der Waals surface area contributed by atoms with E-state index in [0.29, 0.717) is 5.57 Å². The van der Waals surface area contributed by atoms with Crippen LogP contribution in [-0.4, -0.2) is 11.1 Å². The lowest BCUT2D eigenvalue weighted by Crippen LogP contribution is -1.98. The molecular weight excluding hydrogens is 195 g/mol. The summed E-state index contributed by atoms with van der Waals surface area (Å²) < 4.78 is 12.7. The first-order chi connectivity index (χ1) is 7.00. The van der Waals surface area contributed by atoms with Gasteiger partial charge in [-0.1, -0.05) is 26.0 Å². The van der Waals surface area contributed by atoms with Gasteiger partial charge in [0.1, 0.15) is 5.82 Å². The van der Waals surface area contributed by atoms with Gasteiger partial charge in [0.05, 0.1) is 0 Å². The standard InChI is InChI=1S/C12H13FO2/c1-8(2)11(7-12(14)15)9-3-5-10(13)6-4-9/h3-8H,1-2H3,(H,14,15)/b11-7+. The molecule has 0 spiro atoms.